The van der Waals surface area contributed by atoms with E-state index in [9.17, 15) is 4.79 Å². The Morgan fingerprint density at radius 3 is 2.65 bits per heavy atom. The first-order valence-electron chi connectivity index (χ1n) is 5.57. The van der Waals surface area contributed by atoms with E-state index in [2.05, 4.69) is 0 Å². The Labute approximate surface area is 100.0 Å². The van der Waals surface area contributed by atoms with Gasteiger partial charge >= 0.3 is 5.97 Å². The molecule has 0 fully saturated rings. The number of ether oxygens (including phenoxy) is 2. The van der Waals surface area contributed by atoms with E-state index in [1.807, 2.05) is 42.5 Å². The predicted molar refractivity (Wildman–Crippen MR) is 66.1 cm³/mol. The molecule has 3 heteroatoms. The van der Waals surface area contributed by atoms with Crippen molar-refractivity contribution in [1.82, 2.24) is 0 Å². The van der Waals surface area contributed by atoms with E-state index in [4.69, 9.17) is 9.47 Å². The van der Waals surface area contributed by atoms with Gasteiger partial charge in [-0.1, -0.05) is 30.3 Å². The van der Waals surface area contributed by atoms with Crippen LogP contribution in [0.25, 0.3) is 10.8 Å². The molecule has 3 nitrogen and oxygen atoms in total. The van der Waals surface area contributed by atoms with Crippen LogP contribution < -0.4 is 4.74 Å². The van der Waals surface area contributed by atoms with Gasteiger partial charge in [0, 0.05) is 0 Å². The van der Waals surface area contributed by atoms with Gasteiger partial charge in [-0.15, -0.1) is 0 Å². The molecule has 0 unspecified atom stereocenters. The number of fused-ring (bicyclic) bond motifs is 1. The maximum absolute atomic E-state index is 11.1. The second kappa shape index (κ2) is 5.34. The Morgan fingerprint density at radius 1 is 1.12 bits per heavy atom. The third-order valence-electron chi connectivity index (χ3n) is 2.38. The second-order valence-electron chi connectivity index (χ2n) is 3.60. The summed E-state index contributed by atoms with van der Waals surface area (Å²) in [5.74, 6) is 0.331. The minimum atomic E-state index is -0.347. The molecule has 0 N–H and O–H groups in total. The monoisotopic (exact) mass is 230 g/mol. The zero-order chi connectivity index (χ0) is 12.1. The lowest BCUT2D eigenvalue weighted by Crippen LogP contribution is -2.14. The van der Waals surface area contributed by atoms with Crippen molar-refractivity contribution in [2.24, 2.45) is 0 Å². The van der Waals surface area contributed by atoms with Gasteiger partial charge in [-0.25, -0.2) is 4.79 Å². The lowest BCUT2D eigenvalue weighted by atomic mass is 10.1. The molecule has 0 aliphatic rings. The van der Waals surface area contributed by atoms with Gasteiger partial charge in [-0.05, 0) is 29.8 Å². The minimum absolute atomic E-state index is 0.0494. The quantitative estimate of drug-likeness (QED) is 0.758. The fourth-order valence-corrected chi connectivity index (χ4v) is 1.60. The lowest BCUT2D eigenvalue weighted by Gasteiger charge is -2.06. The Morgan fingerprint density at radius 2 is 1.88 bits per heavy atom. The van der Waals surface area contributed by atoms with E-state index in [0.29, 0.717) is 12.4 Å². The molecule has 17 heavy (non-hydrogen) atoms. The van der Waals surface area contributed by atoms with E-state index in [1.54, 1.807) is 6.92 Å². The Bertz CT molecular complexity index is 520. The normalized spacial score (nSPS) is 10.2. The average Bonchev–Trinajstić information content (AvgIpc) is 2.36. The van der Waals surface area contributed by atoms with Crippen LogP contribution in [0.3, 0.4) is 0 Å². The average molecular weight is 230 g/mol. The molecular formula is C14H14O3. The van der Waals surface area contributed by atoms with Crippen molar-refractivity contribution in [2.75, 3.05) is 13.2 Å². The summed E-state index contributed by atoms with van der Waals surface area (Å²) in [6.07, 6.45) is 0. The highest BCUT2D eigenvalue weighted by Gasteiger charge is 2.03. The van der Waals surface area contributed by atoms with Crippen LogP contribution in [-0.4, -0.2) is 19.2 Å². The molecule has 88 valence electrons. The predicted octanol–water partition coefficient (Wildman–Crippen LogP) is 2.78. The lowest BCUT2D eigenvalue weighted by molar-refractivity contribution is -0.145. The molecule has 2 rings (SSSR count). The topological polar surface area (TPSA) is 35.5 Å². The molecule has 0 radical (unpaired) electrons. The first kappa shape index (κ1) is 11.5. The number of benzene rings is 2. The van der Waals surface area contributed by atoms with Crippen molar-refractivity contribution in [3.63, 3.8) is 0 Å². The van der Waals surface area contributed by atoms with Crippen LogP contribution in [0.4, 0.5) is 0 Å². The van der Waals surface area contributed by atoms with Crippen LogP contribution in [0, 0.1) is 0 Å². The summed E-state index contributed by atoms with van der Waals surface area (Å²) < 4.78 is 10.1. The SMILES string of the molecule is CCOC(=O)COc1ccc2ccccc2c1. The summed E-state index contributed by atoms with van der Waals surface area (Å²) in [7, 11) is 0. The molecule has 0 heterocycles. The standard InChI is InChI=1S/C14H14O3/c1-2-16-14(15)10-17-13-8-7-11-5-3-4-6-12(11)9-13/h3-9H,2,10H2,1H3. The summed E-state index contributed by atoms with van der Waals surface area (Å²) in [4.78, 5) is 11.1. The summed E-state index contributed by atoms with van der Waals surface area (Å²) in [6, 6.07) is 13.7. The first-order chi connectivity index (χ1) is 8.29. The van der Waals surface area contributed by atoms with Crippen molar-refractivity contribution < 1.29 is 14.3 Å². The second-order valence-corrected chi connectivity index (χ2v) is 3.60. The van der Waals surface area contributed by atoms with Crippen LogP contribution in [0.2, 0.25) is 0 Å². The number of rotatable bonds is 4. The van der Waals surface area contributed by atoms with Crippen LogP contribution in [0.15, 0.2) is 42.5 Å². The highest BCUT2D eigenvalue weighted by atomic mass is 16.6. The van der Waals surface area contributed by atoms with Crippen molar-refractivity contribution in [3.8, 4) is 5.75 Å². The van der Waals surface area contributed by atoms with Crippen LogP contribution in [0.1, 0.15) is 6.92 Å². The minimum Gasteiger partial charge on any atom is -0.482 e. The van der Waals surface area contributed by atoms with E-state index in [0.717, 1.165) is 10.8 Å². The van der Waals surface area contributed by atoms with E-state index < -0.39 is 0 Å². The molecular weight excluding hydrogens is 216 g/mol. The summed E-state index contributed by atoms with van der Waals surface area (Å²) >= 11 is 0. The molecule has 0 atom stereocenters. The van der Waals surface area contributed by atoms with Gasteiger partial charge in [0.15, 0.2) is 6.61 Å². The molecule has 0 bridgehead atoms. The van der Waals surface area contributed by atoms with Crippen LogP contribution in [0.5, 0.6) is 5.75 Å². The number of esters is 1. The Hall–Kier alpha value is -2.03. The van der Waals surface area contributed by atoms with Gasteiger partial charge in [0.2, 0.25) is 0 Å². The van der Waals surface area contributed by atoms with Gasteiger partial charge in [0.05, 0.1) is 6.61 Å². The maximum atomic E-state index is 11.1. The van der Waals surface area contributed by atoms with Crippen molar-refractivity contribution in [2.45, 2.75) is 6.92 Å². The van der Waals surface area contributed by atoms with Crippen molar-refractivity contribution in [1.29, 1.82) is 0 Å². The number of hydrogen-bond donors (Lipinski definition) is 0. The smallest absolute Gasteiger partial charge is 0.344 e. The van der Waals surface area contributed by atoms with Crippen molar-refractivity contribution >= 4 is 16.7 Å². The molecule has 0 amide bonds. The zero-order valence-corrected chi connectivity index (χ0v) is 9.68. The molecule has 0 aliphatic carbocycles. The summed E-state index contributed by atoms with van der Waals surface area (Å²) in [6.45, 7) is 2.10. The summed E-state index contributed by atoms with van der Waals surface area (Å²) in [5.41, 5.74) is 0. The fraction of sp³-hybridized carbons (Fsp3) is 0.214. The van der Waals surface area contributed by atoms with E-state index >= 15 is 0 Å². The van der Waals surface area contributed by atoms with Crippen molar-refractivity contribution in [3.05, 3.63) is 42.5 Å². The molecule has 0 spiro atoms. The summed E-state index contributed by atoms with van der Waals surface area (Å²) in [5, 5.41) is 2.24. The van der Waals surface area contributed by atoms with Gasteiger partial charge in [-0.2, -0.15) is 0 Å². The molecule has 0 saturated carbocycles. The van der Waals surface area contributed by atoms with Gasteiger partial charge < -0.3 is 9.47 Å². The Kier molecular flexibility index (Phi) is 3.60. The number of carbonyl (C=O) groups excluding carboxylic acids is 1. The van der Waals surface area contributed by atoms with E-state index in [-0.39, 0.29) is 12.6 Å². The number of hydrogen-bond acceptors (Lipinski definition) is 3. The fourth-order valence-electron chi connectivity index (χ4n) is 1.60. The zero-order valence-electron chi connectivity index (χ0n) is 9.68. The highest BCUT2D eigenvalue weighted by molar-refractivity contribution is 5.83. The third-order valence-corrected chi connectivity index (χ3v) is 2.38. The van der Waals surface area contributed by atoms with Crippen LogP contribution in [-0.2, 0) is 9.53 Å². The molecule has 2 aromatic rings. The molecule has 0 aromatic heterocycles. The maximum Gasteiger partial charge on any atom is 0.344 e. The molecule has 0 aliphatic heterocycles. The van der Waals surface area contributed by atoms with Gasteiger partial charge in [-0.3, -0.25) is 0 Å². The Balaban J connectivity index is 2.06. The van der Waals surface area contributed by atoms with Gasteiger partial charge in [0.25, 0.3) is 0 Å². The first-order valence-corrected chi connectivity index (χ1v) is 5.57. The number of carbonyl (C=O) groups is 1. The van der Waals surface area contributed by atoms with Gasteiger partial charge in [0.1, 0.15) is 5.75 Å². The highest BCUT2D eigenvalue weighted by Crippen LogP contribution is 2.20. The molecule has 0 saturated heterocycles. The third kappa shape index (κ3) is 2.97. The van der Waals surface area contributed by atoms with Crippen LogP contribution >= 0.6 is 0 Å². The van der Waals surface area contributed by atoms with E-state index in [1.165, 1.54) is 0 Å². The molecule has 2 aromatic carbocycles. The largest absolute Gasteiger partial charge is 0.482 e.